The van der Waals surface area contributed by atoms with E-state index < -0.39 is 0 Å². The molecule has 0 amide bonds. The Morgan fingerprint density at radius 1 is 0.933 bits per heavy atom. The van der Waals surface area contributed by atoms with Gasteiger partial charge in [0.25, 0.3) is 0 Å². The molecule has 0 aromatic heterocycles. The highest BCUT2D eigenvalue weighted by Crippen LogP contribution is 2.25. The summed E-state index contributed by atoms with van der Waals surface area (Å²) >= 11 is 0.0291. The van der Waals surface area contributed by atoms with Gasteiger partial charge in [-0.1, -0.05) is 12.1 Å². The second kappa shape index (κ2) is 3.52. The first kappa shape index (κ1) is 9.21. The van der Waals surface area contributed by atoms with Crippen LogP contribution in [-0.4, -0.2) is 7.11 Å². The summed E-state index contributed by atoms with van der Waals surface area (Å²) in [5, 5.41) is 0. The van der Waals surface area contributed by atoms with Crippen LogP contribution in [-0.2, 0) is 0 Å². The molecular weight excluding hydrogens is 299 g/mol. The second-order valence-corrected chi connectivity index (χ2v) is 6.28. The average molecular weight is 309 g/mol. The molecule has 1 aliphatic heterocycles. The molecule has 0 N–H and O–H groups in total. The first-order valence-electron chi connectivity index (χ1n) is 4.81. The van der Waals surface area contributed by atoms with Gasteiger partial charge in [0, 0.05) is 11.1 Å². The molecule has 0 radical (unpaired) electrons. The largest absolute Gasteiger partial charge is 0.497 e. The molecule has 0 fully saturated rings. The molecule has 1 aliphatic rings. The highest BCUT2D eigenvalue weighted by atomic mass is 127. The summed E-state index contributed by atoms with van der Waals surface area (Å²) in [5.74, 6) is 0.953. The van der Waals surface area contributed by atoms with Gasteiger partial charge in [-0.2, -0.15) is 0 Å². The summed E-state index contributed by atoms with van der Waals surface area (Å²) in [5.41, 5.74) is 2.77. The molecule has 0 saturated carbocycles. The average Bonchev–Trinajstić information content (AvgIpc) is 2.66. The Hall–Kier alpha value is -1.03. The van der Waals surface area contributed by atoms with E-state index >= 15 is 0 Å². The highest BCUT2D eigenvalue weighted by Gasteiger charge is 2.32. The number of fused-ring (bicyclic) bond motifs is 3. The summed E-state index contributed by atoms with van der Waals surface area (Å²) < 4.78 is 8.30. The Labute approximate surface area is 99.3 Å². The lowest BCUT2D eigenvalue weighted by Gasteiger charge is -1.99. The molecular formula is C13H10IO+. The lowest BCUT2D eigenvalue weighted by molar-refractivity contribution is -0.589. The van der Waals surface area contributed by atoms with Crippen molar-refractivity contribution in [2.75, 3.05) is 7.11 Å². The third kappa shape index (κ3) is 1.44. The summed E-state index contributed by atoms with van der Waals surface area (Å²) in [4.78, 5) is 0. The normalized spacial score (nSPS) is 12.1. The third-order valence-electron chi connectivity index (χ3n) is 2.54. The smallest absolute Gasteiger partial charge is 0.359 e. The number of hydrogen-bond acceptors (Lipinski definition) is 1. The molecule has 0 aliphatic carbocycles. The van der Waals surface area contributed by atoms with Crippen molar-refractivity contribution in [3.8, 4) is 16.9 Å². The van der Waals surface area contributed by atoms with Crippen molar-refractivity contribution in [1.29, 1.82) is 0 Å². The standard InChI is InChI=1S/C13H10IO/c1-15-9-6-7-13-11(8-9)10-4-2-3-5-12(10)14-13/h2-8H,1H3/q+1. The van der Waals surface area contributed by atoms with Gasteiger partial charge in [-0.05, 0) is 30.3 Å². The van der Waals surface area contributed by atoms with Gasteiger partial charge in [0.05, 0.1) is 7.11 Å². The van der Waals surface area contributed by atoms with Crippen LogP contribution in [0.2, 0.25) is 0 Å². The Morgan fingerprint density at radius 3 is 2.60 bits per heavy atom. The van der Waals surface area contributed by atoms with Crippen LogP contribution in [0.3, 0.4) is 0 Å². The second-order valence-electron chi connectivity index (χ2n) is 3.42. The number of ether oxygens (including phenoxy) is 1. The molecule has 15 heavy (non-hydrogen) atoms. The lowest BCUT2D eigenvalue weighted by atomic mass is 10.1. The van der Waals surface area contributed by atoms with E-state index in [1.807, 2.05) is 0 Å². The zero-order valence-corrected chi connectivity index (χ0v) is 10.5. The summed E-state index contributed by atoms with van der Waals surface area (Å²) in [6.45, 7) is 0. The van der Waals surface area contributed by atoms with Crippen molar-refractivity contribution < 1.29 is 25.9 Å². The molecule has 0 atom stereocenters. The lowest BCUT2D eigenvalue weighted by Crippen LogP contribution is -3.61. The molecule has 0 saturated heterocycles. The van der Waals surface area contributed by atoms with Crippen molar-refractivity contribution in [2.24, 2.45) is 0 Å². The van der Waals surface area contributed by atoms with Crippen molar-refractivity contribution in [3.05, 3.63) is 49.6 Å². The molecule has 1 heterocycles. The van der Waals surface area contributed by atoms with Gasteiger partial charge in [-0.3, -0.25) is 0 Å². The van der Waals surface area contributed by atoms with Gasteiger partial charge in [0.15, 0.2) is 0 Å². The molecule has 2 aromatic rings. The molecule has 2 heteroatoms. The SMILES string of the molecule is COc1ccc2c(c1)-c1ccccc1[I+]2. The van der Waals surface area contributed by atoms with Crippen LogP contribution in [0, 0.1) is 7.14 Å². The molecule has 2 aromatic carbocycles. The van der Waals surface area contributed by atoms with E-state index in [1.54, 1.807) is 7.11 Å². The van der Waals surface area contributed by atoms with E-state index in [1.165, 1.54) is 18.3 Å². The predicted molar refractivity (Wildman–Crippen MR) is 55.8 cm³/mol. The molecule has 0 bridgehead atoms. The van der Waals surface area contributed by atoms with Crippen molar-refractivity contribution in [1.82, 2.24) is 0 Å². The van der Waals surface area contributed by atoms with Gasteiger partial charge in [-0.25, -0.2) is 0 Å². The Morgan fingerprint density at radius 2 is 1.73 bits per heavy atom. The summed E-state index contributed by atoms with van der Waals surface area (Å²) in [7, 11) is 1.72. The maximum Gasteiger partial charge on any atom is 0.359 e. The summed E-state index contributed by atoms with van der Waals surface area (Å²) in [6, 6.07) is 15.1. The topological polar surface area (TPSA) is 9.23 Å². The minimum Gasteiger partial charge on any atom is -0.497 e. The van der Waals surface area contributed by atoms with E-state index in [2.05, 4.69) is 42.5 Å². The minimum absolute atomic E-state index is 0.0291. The first-order chi connectivity index (χ1) is 7.38. The van der Waals surface area contributed by atoms with Crippen LogP contribution in [0.5, 0.6) is 5.75 Å². The zero-order valence-electron chi connectivity index (χ0n) is 8.33. The van der Waals surface area contributed by atoms with Crippen molar-refractivity contribution in [3.63, 3.8) is 0 Å². The summed E-state index contributed by atoms with van der Waals surface area (Å²) in [6.07, 6.45) is 0. The Balaban J connectivity index is 2.22. The predicted octanol–water partition coefficient (Wildman–Crippen LogP) is -0.196. The van der Waals surface area contributed by atoms with Crippen LogP contribution in [0.1, 0.15) is 0 Å². The number of halogens is 1. The number of methoxy groups -OCH3 is 1. The molecule has 0 spiro atoms. The Kier molecular flexibility index (Phi) is 2.16. The van der Waals surface area contributed by atoms with E-state index in [0.717, 1.165) is 5.75 Å². The van der Waals surface area contributed by atoms with Crippen LogP contribution < -0.4 is 25.9 Å². The molecule has 3 rings (SSSR count). The van der Waals surface area contributed by atoms with Crippen molar-refractivity contribution in [2.45, 2.75) is 0 Å². The van der Waals surface area contributed by atoms with E-state index in [0.29, 0.717) is 0 Å². The van der Waals surface area contributed by atoms with Gasteiger partial charge in [0.2, 0.25) is 7.14 Å². The fourth-order valence-electron chi connectivity index (χ4n) is 1.79. The van der Waals surface area contributed by atoms with E-state index in [-0.39, 0.29) is 21.2 Å². The quantitative estimate of drug-likeness (QED) is 0.566. The van der Waals surface area contributed by atoms with Crippen LogP contribution in [0.25, 0.3) is 11.1 Å². The van der Waals surface area contributed by atoms with Crippen LogP contribution in [0.15, 0.2) is 42.5 Å². The maximum atomic E-state index is 5.27. The maximum absolute atomic E-state index is 5.27. The highest BCUT2D eigenvalue weighted by molar-refractivity contribution is 5.66. The Bertz CT molecular complexity index is 520. The fourth-order valence-corrected chi connectivity index (χ4v) is 4.66. The van der Waals surface area contributed by atoms with Gasteiger partial charge in [-0.15, -0.1) is 0 Å². The number of hydrogen-bond donors (Lipinski definition) is 0. The van der Waals surface area contributed by atoms with Crippen LogP contribution in [0.4, 0.5) is 0 Å². The van der Waals surface area contributed by atoms with Gasteiger partial charge in [0.1, 0.15) is 5.75 Å². The molecule has 0 unspecified atom stereocenters. The molecule has 1 nitrogen and oxygen atoms in total. The van der Waals surface area contributed by atoms with Gasteiger partial charge < -0.3 is 4.74 Å². The van der Waals surface area contributed by atoms with Crippen LogP contribution >= 0.6 is 0 Å². The van der Waals surface area contributed by atoms with Gasteiger partial charge >= 0.3 is 21.2 Å². The number of benzene rings is 2. The monoisotopic (exact) mass is 309 g/mol. The third-order valence-corrected chi connectivity index (χ3v) is 5.58. The molecule has 74 valence electrons. The van der Waals surface area contributed by atoms with Crippen molar-refractivity contribution >= 4 is 0 Å². The van der Waals surface area contributed by atoms with E-state index in [9.17, 15) is 0 Å². The number of rotatable bonds is 1. The fraction of sp³-hybridized carbons (Fsp3) is 0.0769. The zero-order chi connectivity index (χ0) is 10.3. The minimum atomic E-state index is 0.0291. The van der Waals surface area contributed by atoms with E-state index in [4.69, 9.17) is 4.74 Å². The first-order valence-corrected chi connectivity index (χ1v) is 6.96.